The van der Waals surface area contributed by atoms with Gasteiger partial charge >= 0.3 is 6.03 Å². The summed E-state index contributed by atoms with van der Waals surface area (Å²) in [5.74, 6) is 0.0469. The molecular weight excluding hydrogens is 258 g/mol. The Balaban J connectivity index is 2.86. The number of hydrogen-bond acceptors (Lipinski definition) is 4. The van der Waals surface area contributed by atoms with Crippen molar-refractivity contribution in [2.45, 2.75) is 32.4 Å². The molecule has 0 aliphatic heterocycles. The van der Waals surface area contributed by atoms with Crippen LogP contribution in [0.25, 0.3) is 0 Å². The number of para-hydroxylation sites is 1. The second kappa shape index (κ2) is 7.49. The summed E-state index contributed by atoms with van der Waals surface area (Å²) in [4.78, 5) is 22.3. The molecule has 6 heteroatoms. The standard InChI is InChI=1S/C14H21N3O3/c1-4-11(16-3)10-7-5-6-8-12(10)20-9(2)13(18)17-14(15)19/h5-9,11,16H,4H2,1-3H3,(H3,15,17,18,19). The Morgan fingerprint density at radius 1 is 1.35 bits per heavy atom. The van der Waals surface area contributed by atoms with Gasteiger partial charge in [-0.3, -0.25) is 10.1 Å². The Kier molecular flexibility index (Phi) is 5.99. The van der Waals surface area contributed by atoms with Gasteiger partial charge in [-0.05, 0) is 26.5 Å². The first kappa shape index (κ1) is 16.0. The SMILES string of the molecule is CCC(NC)c1ccccc1OC(C)C(=O)NC(N)=O. The molecular formula is C14H21N3O3. The normalized spacial score (nSPS) is 13.3. The topological polar surface area (TPSA) is 93.4 Å². The summed E-state index contributed by atoms with van der Waals surface area (Å²) in [6.07, 6.45) is 0.0802. The monoisotopic (exact) mass is 279 g/mol. The van der Waals surface area contributed by atoms with E-state index >= 15 is 0 Å². The smallest absolute Gasteiger partial charge is 0.318 e. The number of urea groups is 1. The van der Waals surface area contributed by atoms with E-state index in [2.05, 4.69) is 12.2 Å². The quantitative estimate of drug-likeness (QED) is 0.732. The molecule has 0 aliphatic carbocycles. The zero-order chi connectivity index (χ0) is 15.1. The van der Waals surface area contributed by atoms with Crippen LogP contribution in [0.4, 0.5) is 4.79 Å². The van der Waals surface area contributed by atoms with E-state index in [-0.39, 0.29) is 6.04 Å². The fourth-order valence-corrected chi connectivity index (χ4v) is 1.92. The minimum atomic E-state index is -0.889. The van der Waals surface area contributed by atoms with Gasteiger partial charge in [-0.25, -0.2) is 4.79 Å². The van der Waals surface area contributed by atoms with Crippen LogP contribution in [0.3, 0.4) is 0 Å². The molecule has 1 aromatic carbocycles. The molecule has 0 saturated carbocycles. The van der Waals surface area contributed by atoms with Crippen LogP contribution in [0.2, 0.25) is 0 Å². The van der Waals surface area contributed by atoms with Gasteiger partial charge in [-0.2, -0.15) is 0 Å². The number of carbonyl (C=O) groups excluding carboxylic acids is 2. The maximum absolute atomic E-state index is 11.6. The van der Waals surface area contributed by atoms with Gasteiger partial charge in [0.25, 0.3) is 5.91 Å². The third-order valence-corrected chi connectivity index (χ3v) is 2.97. The number of primary amides is 1. The molecule has 1 aromatic rings. The summed E-state index contributed by atoms with van der Waals surface area (Å²) in [7, 11) is 1.87. The number of benzene rings is 1. The minimum Gasteiger partial charge on any atom is -0.481 e. The number of ether oxygens (including phenoxy) is 1. The number of imide groups is 1. The predicted octanol–water partition coefficient (Wildman–Crippen LogP) is 1.32. The first-order chi connectivity index (χ1) is 9.49. The predicted molar refractivity (Wildman–Crippen MR) is 76.3 cm³/mol. The van der Waals surface area contributed by atoms with Gasteiger partial charge in [-0.1, -0.05) is 25.1 Å². The van der Waals surface area contributed by atoms with Gasteiger partial charge in [0.05, 0.1) is 0 Å². The molecule has 0 aromatic heterocycles. The van der Waals surface area contributed by atoms with Crippen molar-refractivity contribution in [3.63, 3.8) is 0 Å². The van der Waals surface area contributed by atoms with E-state index in [4.69, 9.17) is 10.5 Å². The summed E-state index contributed by atoms with van der Waals surface area (Å²) in [5, 5.41) is 5.19. The Morgan fingerprint density at radius 3 is 2.55 bits per heavy atom. The fraction of sp³-hybridized carbons (Fsp3) is 0.429. The first-order valence-corrected chi connectivity index (χ1v) is 6.52. The van der Waals surface area contributed by atoms with Gasteiger partial charge < -0.3 is 15.8 Å². The Hall–Kier alpha value is -2.08. The zero-order valence-electron chi connectivity index (χ0n) is 12.0. The van der Waals surface area contributed by atoms with Gasteiger partial charge in [0.2, 0.25) is 0 Å². The lowest BCUT2D eigenvalue weighted by Gasteiger charge is -2.21. The molecule has 0 heterocycles. The van der Waals surface area contributed by atoms with E-state index in [1.165, 1.54) is 0 Å². The number of rotatable bonds is 6. The third kappa shape index (κ3) is 4.24. The van der Waals surface area contributed by atoms with Crippen molar-refractivity contribution in [1.29, 1.82) is 0 Å². The number of hydrogen-bond donors (Lipinski definition) is 3. The van der Waals surface area contributed by atoms with Gasteiger partial charge in [0, 0.05) is 11.6 Å². The summed E-state index contributed by atoms with van der Waals surface area (Å²) < 4.78 is 5.63. The second-order valence-electron chi connectivity index (χ2n) is 4.40. The molecule has 0 spiro atoms. The highest BCUT2D eigenvalue weighted by Crippen LogP contribution is 2.27. The van der Waals surface area contributed by atoms with Crippen molar-refractivity contribution in [3.8, 4) is 5.75 Å². The third-order valence-electron chi connectivity index (χ3n) is 2.97. The molecule has 0 saturated heterocycles. The molecule has 0 bridgehead atoms. The fourth-order valence-electron chi connectivity index (χ4n) is 1.92. The Labute approximate surface area is 118 Å². The average Bonchev–Trinajstić information content (AvgIpc) is 2.41. The van der Waals surface area contributed by atoms with Crippen molar-refractivity contribution in [2.24, 2.45) is 5.73 Å². The van der Waals surface area contributed by atoms with Gasteiger partial charge in [0.15, 0.2) is 6.10 Å². The molecule has 4 N–H and O–H groups in total. The van der Waals surface area contributed by atoms with Crippen LogP contribution >= 0.6 is 0 Å². The maximum Gasteiger partial charge on any atom is 0.318 e. The summed E-state index contributed by atoms with van der Waals surface area (Å²) in [5.41, 5.74) is 5.88. The van der Waals surface area contributed by atoms with E-state index < -0.39 is 18.0 Å². The maximum atomic E-state index is 11.6. The van der Waals surface area contributed by atoms with Crippen molar-refractivity contribution < 1.29 is 14.3 Å². The molecule has 2 unspecified atom stereocenters. The van der Waals surface area contributed by atoms with E-state index in [1.54, 1.807) is 13.0 Å². The highest BCUT2D eigenvalue weighted by molar-refractivity contribution is 5.95. The lowest BCUT2D eigenvalue weighted by atomic mass is 10.0. The van der Waals surface area contributed by atoms with Crippen LogP contribution in [-0.4, -0.2) is 25.1 Å². The summed E-state index contributed by atoms with van der Waals surface area (Å²) >= 11 is 0. The molecule has 2 atom stereocenters. The Morgan fingerprint density at radius 2 is 2.00 bits per heavy atom. The van der Waals surface area contributed by atoms with Crippen molar-refractivity contribution >= 4 is 11.9 Å². The molecule has 3 amide bonds. The van der Waals surface area contributed by atoms with Crippen LogP contribution in [0, 0.1) is 0 Å². The summed E-state index contributed by atoms with van der Waals surface area (Å²) in [6, 6.07) is 6.73. The Bertz CT molecular complexity index is 472. The molecule has 0 aliphatic rings. The summed E-state index contributed by atoms with van der Waals surface area (Å²) in [6.45, 7) is 3.62. The lowest BCUT2D eigenvalue weighted by molar-refractivity contribution is -0.126. The number of amides is 3. The van der Waals surface area contributed by atoms with E-state index in [0.29, 0.717) is 5.75 Å². The van der Waals surface area contributed by atoms with E-state index in [1.807, 2.05) is 30.6 Å². The molecule has 0 fully saturated rings. The second-order valence-corrected chi connectivity index (χ2v) is 4.40. The molecule has 6 nitrogen and oxygen atoms in total. The van der Waals surface area contributed by atoms with E-state index in [9.17, 15) is 9.59 Å². The average molecular weight is 279 g/mol. The van der Waals surface area contributed by atoms with Crippen LogP contribution in [-0.2, 0) is 4.79 Å². The van der Waals surface area contributed by atoms with Gasteiger partial charge in [0.1, 0.15) is 5.75 Å². The van der Waals surface area contributed by atoms with Crippen LogP contribution < -0.4 is 21.1 Å². The van der Waals surface area contributed by atoms with E-state index in [0.717, 1.165) is 12.0 Å². The number of carbonyl (C=O) groups is 2. The largest absolute Gasteiger partial charge is 0.481 e. The molecule has 110 valence electrons. The van der Waals surface area contributed by atoms with Crippen LogP contribution in [0.5, 0.6) is 5.75 Å². The van der Waals surface area contributed by atoms with Crippen LogP contribution in [0.1, 0.15) is 31.9 Å². The highest BCUT2D eigenvalue weighted by atomic mass is 16.5. The zero-order valence-corrected chi connectivity index (χ0v) is 12.0. The van der Waals surface area contributed by atoms with Crippen LogP contribution in [0.15, 0.2) is 24.3 Å². The highest BCUT2D eigenvalue weighted by Gasteiger charge is 2.19. The number of nitrogens with one attached hydrogen (secondary N) is 2. The van der Waals surface area contributed by atoms with Crippen molar-refractivity contribution in [2.75, 3.05) is 7.05 Å². The van der Waals surface area contributed by atoms with Crippen molar-refractivity contribution in [3.05, 3.63) is 29.8 Å². The van der Waals surface area contributed by atoms with Crippen molar-refractivity contribution in [1.82, 2.24) is 10.6 Å². The molecule has 1 rings (SSSR count). The minimum absolute atomic E-state index is 0.137. The lowest BCUT2D eigenvalue weighted by Crippen LogP contribution is -2.42. The molecule has 0 radical (unpaired) electrons. The first-order valence-electron chi connectivity index (χ1n) is 6.52. The van der Waals surface area contributed by atoms with Gasteiger partial charge in [-0.15, -0.1) is 0 Å². The molecule has 20 heavy (non-hydrogen) atoms. The number of nitrogens with two attached hydrogens (primary N) is 1.